The number of nitrogens with zero attached hydrogens (tertiary/aromatic N) is 4. The Morgan fingerprint density at radius 3 is 2.47 bits per heavy atom. The van der Waals surface area contributed by atoms with E-state index in [2.05, 4.69) is 27.8 Å². The van der Waals surface area contributed by atoms with E-state index in [9.17, 15) is 5.11 Å². The van der Waals surface area contributed by atoms with E-state index in [-0.39, 0.29) is 17.5 Å². The van der Waals surface area contributed by atoms with Crippen LogP contribution in [0.5, 0.6) is 0 Å². The zero-order valence-electron chi connectivity index (χ0n) is 22.3. The lowest BCUT2D eigenvalue weighted by molar-refractivity contribution is 0.0552. The van der Waals surface area contributed by atoms with Crippen LogP contribution in [0.25, 0.3) is 33.2 Å². The Bertz CT molecular complexity index is 1610. The van der Waals surface area contributed by atoms with Gasteiger partial charge in [0, 0.05) is 43.0 Å². The summed E-state index contributed by atoms with van der Waals surface area (Å²) in [5.74, 6) is -0.156. The van der Waals surface area contributed by atoms with E-state index in [4.69, 9.17) is 9.72 Å². The zero-order chi connectivity index (χ0) is 26.6. The fourth-order valence-electron chi connectivity index (χ4n) is 6.12. The molecule has 1 saturated heterocycles. The number of rotatable bonds is 5. The van der Waals surface area contributed by atoms with Crippen molar-refractivity contribution in [2.75, 3.05) is 13.2 Å². The topological polar surface area (TPSA) is 65.1 Å². The number of imidazole rings is 1. The zero-order valence-corrected chi connectivity index (χ0v) is 22.3. The average Bonchev–Trinajstić information content (AvgIpc) is 3.41. The normalized spacial score (nSPS) is 15.9. The molecule has 0 bridgehead atoms. The molecule has 5 aromatic rings. The minimum atomic E-state index is -1.33. The van der Waals surface area contributed by atoms with Crippen LogP contribution in [0.15, 0.2) is 61.1 Å². The molecule has 1 N–H and O–H groups in total. The molecule has 1 atom stereocenters. The number of aliphatic hydroxyl groups is 1. The van der Waals surface area contributed by atoms with Gasteiger partial charge in [-0.2, -0.15) is 0 Å². The van der Waals surface area contributed by atoms with Crippen LogP contribution in [-0.4, -0.2) is 37.4 Å². The van der Waals surface area contributed by atoms with Gasteiger partial charge in [-0.05, 0) is 51.2 Å². The second kappa shape index (κ2) is 9.33. The minimum Gasteiger partial charge on any atom is -0.386 e. The molecule has 7 heteroatoms. The van der Waals surface area contributed by atoms with Crippen LogP contribution in [0.1, 0.15) is 49.6 Å². The Morgan fingerprint density at radius 1 is 1.08 bits per heavy atom. The molecule has 0 saturated carbocycles. The Labute approximate surface area is 221 Å². The molecular formula is C31H33FN4O2. The number of hydrogen-bond donors (Lipinski definition) is 1. The number of aryl methyl sites for hydroxylation is 2. The molecule has 196 valence electrons. The van der Waals surface area contributed by atoms with E-state index in [1.165, 1.54) is 0 Å². The molecule has 1 fully saturated rings. The fourth-order valence-corrected chi connectivity index (χ4v) is 6.12. The Balaban J connectivity index is 1.73. The lowest BCUT2D eigenvalue weighted by Crippen LogP contribution is -2.27. The van der Waals surface area contributed by atoms with Crippen LogP contribution < -0.4 is 0 Å². The van der Waals surface area contributed by atoms with Gasteiger partial charge in [0.15, 0.2) is 5.82 Å². The van der Waals surface area contributed by atoms with Crippen LogP contribution in [0.4, 0.5) is 4.39 Å². The first kappa shape index (κ1) is 24.8. The first-order chi connectivity index (χ1) is 18.3. The van der Waals surface area contributed by atoms with E-state index in [1.54, 1.807) is 26.2 Å². The Morgan fingerprint density at radius 2 is 1.82 bits per heavy atom. The van der Waals surface area contributed by atoms with Gasteiger partial charge in [-0.25, -0.2) is 9.37 Å². The van der Waals surface area contributed by atoms with Crippen LogP contribution in [0, 0.1) is 18.7 Å². The van der Waals surface area contributed by atoms with Crippen LogP contribution in [0.2, 0.25) is 0 Å². The van der Waals surface area contributed by atoms with Gasteiger partial charge < -0.3 is 19.0 Å². The summed E-state index contributed by atoms with van der Waals surface area (Å²) in [6, 6.07) is 15.9. The highest BCUT2D eigenvalue weighted by molar-refractivity contribution is 6.07. The lowest BCUT2D eigenvalue weighted by Gasteiger charge is -2.33. The van der Waals surface area contributed by atoms with Gasteiger partial charge in [-0.15, -0.1) is 0 Å². The van der Waals surface area contributed by atoms with Gasteiger partial charge in [0.2, 0.25) is 0 Å². The van der Waals surface area contributed by atoms with Crippen molar-refractivity contribution in [1.82, 2.24) is 19.1 Å². The van der Waals surface area contributed by atoms with Crippen molar-refractivity contribution < 1.29 is 14.2 Å². The minimum absolute atomic E-state index is 0.128. The number of fused-ring (bicyclic) bond motifs is 3. The number of hydrogen-bond acceptors (Lipinski definition) is 4. The SMILES string of the molecule is Cc1ncn(C)c1-c1cnc2c3ccc(C(C)(C)O)c(F)c3n(C(c3ccccc3)C3CCOCC3)c2c1. The van der Waals surface area contributed by atoms with E-state index in [1.807, 2.05) is 49.0 Å². The van der Waals surface area contributed by atoms with Crippen molar-refractivity contribution in [3.8, 4) is 11.3 Å². The van der Waals surface area contributed by atoms with Crippen molar-refractivity contribution in [3.63, 3.8) is 0 Å². The monoisotopic (exact) mass is 512 g/mol. The van der Waals surface area contributed by atoms with E-state index >= 15 is 4.39 Å². The van der Waals surface area contributed by atoms with Crippen LogP contribution in [0.3, 0.4) is 0 Å². The predicted molar refractivity (Wildman–Crippen MR) is 148 cm³/mol. The van der Waals surface area contributed by atoms with Gasteiger partial charge in [0.25, 0.3) is 0 Å². The molecule has 0 aliphatic carbocycles. The van der Waals surface area contributed by atoms with Crippen LogP contribution >= 0.6 is 0 Å². The van der Waals surface area contributed by atoms with Crippen molar-refractivity contribution in [1.29, 1.82) is 0 Å². The summed E-state index contributed by atoms with van der Waals surface area (Å²) in [6.07, 6.45) is 5.40. The Kier molecular flexibility index (Phi) is 6.08. The summed E-state index contributed by atoms with van der Waals surface area (Å²) in [4.78, 5) is 9.38. The van der Waals surface area contributed by atoms with E-state index in [0.29, 0.717) is 18.7 Å². The van der Waals surface area contributed by atoms with Gasteiger partial charge in [0.05, 0.1) is 45.9 Å². The molecule has 6 rings (SSSR count). The van der Waals surface area contributed by atoms with E-state index in [0.717, 1.165) is 51.8 Å². The molecule has 3 aromatic heterocycles. The molecule has 0 amide bonds. The van der Waals surface area contributed by atoms with Gasteiger partial charge >= 0.3 is 0 Å². The summed E-state index contributed by atoms with van der Waals surface area (Å²) in [7, 11) is 1.97. The molecule has 1 aliphatic heterocycles. The van der Waals surface area contributed by atoms with Crippen molar-refractivity contribution >= 4 is 21.9 Å². The maximum atomic E-state index is 16.6. The summed E-state index contributed by atoms with van der Waals surface area (Å²) in [5.41, 5.74) is 4.98. The number of pyridine rings is 1. The smallest absolute Gasteiger partial charge is 0.153 e. The standard InChI is InChI=1S/C31H33FN4O2/c1-19-28(35(4)18-34-19)22-16-25-27(33-17-22)23-10-11-24(31(2,3)37)26(32)30(23)36(25)29(20-8-6-5-7-9-20)21-12-14-38-15-13-21/h5-11,16-18,21,29,37H,12-15H2,1-4H3. The number of benzene rings is 2. The van der Waals surface area contributed by atoms with Crippen LogP contribution in [-0.2, 0) is 17.4 Å². The van der Waals surface area contributed by atoms with Gasteiger partial charge in [0.1, 0.15) is 0 Å². The maximum Gasteiger partial charge on any atom is 0.153 e. The summed E-state index contributed by atoms with van der Waals surface area (Å²) >= 11 is 0. The second-order valence-electron chi connectivity index (χ2n) is 10.9. The number of ether oxygens (including phenoxy) is 1. The largest absolute Gasteiger partial charge is 0.386 e. The van der Waals surface area contributed by atoms with Gasteiger partial charge in [-0.3, -0.25) is 4.98 Å². The Hall–Kier alpha value is -3.55. The second-order valence-corrected chi connectivity index (χ2v) is 10.9. The summed E-state index contributed by atoms with van der Waals surface area (Å²) < 4.78 is 26.4. The molecular weight excluding hydrogens is 479 g/mol. The first-order valence-electron chi connectivity index (χ1n) is 13.2. The fraction of sp³-hybridized carbons (Fsp3) is 0.355. The molecule has 38 heavy (non-hydrogen) atoms. The summed E-state index contributed by atoms with van der Waals surface area (Å²) in [5, 5.41) is 11.6. The third-order valence-electron chi connectivity index (χ3n) is 7.92. The average molecular weight is 513 g/mol. The molecule has 2 aromatic carbocycles. The predicted octanol–water partition coefficient (Wildman–Crippen LogP) is 6.28. The first-order valence-corrected chi connectivity index (χ1v) is 13.2. The highest BCUT2D eigenvalue weighted by Gasteiger charge is 2.33. The van der Waals surface area contributed by atoms with Crippen molar-refractivity contribution in [3.05, 3.63) is 83.7 Å². The molecule has 6 nitrogen and oxygen atoms in total. The maximum absolute atomic E-state index is 16.6. The summed E-state index contributed by atoms with van der Waals surface area (Å²) in [6.45, 7) is 6.59. The third kappa shape index (κ3) is 4.01. The molecule has 0 spiro atoms. The number of aromatic nitrogens is 4. The lowest BCUT2D eigenvalue weighted by atomic mass is 9.86. The molecule has 4 heterocycles. The molecule has 0 radical (unpaired) electrons. The highest BCUT2D eigenvalue weighted by atomic mass is 19.1. The molecule has 1 aliphatic rings. The third-order valence-corrected chi connectivity index (χ3v) is 7.92. The van der Waals surface area contributed by atoms with Crippen molar-refractivity contribution in [2.24, 2.45) is 13.0 Å². The van der Waals surface area contributed by atoms with E-state index < -0.39 is 11.4 Å². The number of halogens is 1. The van der Waals surface area contributed by atoms with Crippen molar-refractivity contribution in [2.45, 2.75) is 45.3 Å². The van der Waals surface area contributed by atoms with Gasteiger partial charge in [-0.1, -0.05) is 42.5 Å². The highest BCUT2D eigenvalue weighted by Crippen LogP contribution is 2.43. The molecule has 1 unspecified atom stereocenters. The quantitative estimate of drug-likeness (QED) is 0.301.